The van der Waals surface area contributed by atoms with Crippen LogP contribution in [0.15, 0.2) is 0 Å². The molecule has 4 saturated heterocycles. The predicted molar refractivity (Wildman–Crippen MR) is 177 cm³/mol. The Morgan fingerprint density at radius 1 is 0.696 bits per heavy atom. The van der Waals surface area contributed by atoms with Gasteiger partial charge in [0.25, 0.3) is 0 Å². The molecule has 2 N–H and O–H groups in total. The number of carboxylic acid groups (broad SMARTS) is 2. The minimum Gasteiger partial charge on any atom is -0.481 e. The Bertz CT molecular complexity index is 1030. The molecule has 4 heterocycles. The summed E-state index contributed by atoms with van der Waals surface area (Å²) in [7, 11) is 4.28. The maximum absolute atomic E-state index is 13.6. The third kappa shape index (κ3) is 7.47. The smallest absolute Gasteiger partial charge is 0.309 e. The standard InChI is InChI=1S/C36H64N2O8/c1-24-18-43-35(20-30(3,4)37(11)31(5,6)21-35)45-26(24)16-34(29(41)42,15-13-14-28(39)40)17-27-25(2)19-44-36(46-27)22-32(7,8)38(12)33(9,10)23-36/h24-27H,13-23H2,1-12H3,(H,39,40)(H,41,42). The van der Waals surface area contributed by atoms with E-state index in [-0.39, 0.29) is 78.3 Å². The van der Waals surface area contributed by atoms with Crippen molar-refractivity contribution in [3.63, 3.8) is 0 Å². The molecule has 10 heteroatoms. The number of rotatable bonds is 9. The lowest BCUT2D eigenvalue weighted by Crippen LogP contribution is -2.67. The van der Waals surface area contributed by atoms with Crippen LogP contribution in [0.5, 0.6) is 0 Å². The molecule has 0 saturated carbocycles. The molecule has 0 aromatic heterocycles. The van der Waals surface area contributed by atoms with Crippen LogP contribution in [0.3, 0.4) is 0 Å². The first kappa shape index (κ1) is 37.5. The first-order valence-electron chi connectivity index (χ1n) is 17.5. The van der Waals surface area contributed by atoms with Gasteiger partial charge in [0.1, 0.15) is 0 Å². The topological polar surface area (TPSA) is 118 Å². The van der Waals surface area contributed by atoms with Gasteiger partial charge in [-0.2, -0.15) is 0 Å². The molecule has 4 aliphatic rings. The molecule has 4 fully saturated rings. The second-order valence-corrected chi connectivity index (χ2v) is 18.0. The molecule has 2 spiro atoms. The van der Waals surface area contributed by atoms with Gasteiger partial charge in [-0.3, -0.25) is 19.4 Å². The number of carboxylic acids is 2. The van der Waals surface area contributed by atoms with Crippen LogP contribution >= 0.6 is 0 Å². The van der Waals surface area contributed by atoms with Crippen LogP contribution < -0.4 is 0 Å². The van der Waals surface area contributed by atoms with Crippen molar-refractivity contribution in [3.05, 3.63) is 0 Å². The van der Waals surface area contributed by atoms with E-state index in [1.807, 2.05) is 0 Å². The molecular weight excluding hydrogens is 588 g/mol. The lowest BCUT2D eigenvalue weighted by Gasteiger charge is -2.60. The zero-order valence-electron chi connectivity index (χ0n) is 30.8. The highest BCUT2D eigenvalue weighted by Gasteiger charge is 2.59. The van der Waals surface area contributed by atoms with E-state index in [0.717, 1.165) is 0 Å². The summed E-state index contributed by atoms with van der Waals surface area (Å²) in [6.07, 6.45) is 2.91. The summed E-state index contributed by atoms with van der Waals surface area (Å²) in [5.74, 6) is -3.53. The quantitative estimate of drug-likeness (QED) is 0.300. The van der Waals surface area contributed by atoms with Gasteiger partial charge in [-0.15, -0.1) is 0 Å². The average Bonchev–Trinajstić information content (AvgIpc) is 2.89. The summed E-state index contributed by atoms with van der Waals surface area (Å²) < 4.78 is 27.0. The molecule has 4 rings (SSSR count). The van der Waals surface area contributed by atoms with Crippen molar-refractivity contribution in [1.29, 1.82) is 0 Å². The Hall–Kier alpha value is -1.30. The summed E-state index contributed by atoms with van der Waals surface area (Å²) in [6.45, 7) is 22.7. The van der Waals surface area contributed by atoms with Gasteiger partial charge < -0.3 is 29.2 Å². The minimum atomic E-state index is -1.24. The van der Waals surface area contributed by atoms with Gasteiger partial charge >= 0.3 is 11.9 Å². The first-order chi connectivity index (χ1) is 20.9. The fourth-order valence-corrected chi connectivity index (χ4v) is 9.28. The molecule has 266 valence electrons. The number of ether oxygens (including phenoxy) is 4. The fraction of sp³-hybridized carbons (Fsp3) is 0.944. The zero-order chi connectivity index (χ0) is 34.7. The van der Waals surface area contributed by atoms with Gasteiger partial charge in [0.2, 0.25) is 0 Å². The number of likely N-dealkylation sites (tertiary alicyclic amines) is 2. The van der Waals surface area contributed by atoms with Crippen LogP contribution in [0.4, 0.5) is 0 Å². The van der Waals surface area contributed by atoms with Crippen molar-refractivity contribution < 1.29 is 38.7 Å². The largest absolute Gasteiger partial charge is 0.481 e. The number of piperidine rings is 2. The van der Waals surface area contributed by atoms with Gasteiger partial charge in [-0.25, -0.2) is 0 Å². The van der Waals surface area contributed by atoms with Crippen molar-refractivity contribution in [2.75, 3.05) is 27.3 Å². The first-order valence-corrected chi connectivity index (χ1v) is 17.5. The van der Waals surface area contributed by atoms with Crippen LogP contribution in [-0.4, -0.2) is 105 Å². The third-order valence-electron chi connectivity index (χ3n) is 12.3. The fourth-order valence-electron chi connectivity index (χ4n) is 9.28. The monoisotopic (exact) mass is 652 g/mol. The average molecular weight is 653 g/mol. The van der Waals surface area contributed by atoms with Crippen LogP contribution in [0.2, 0.25) is 0 Å². The summed E-state index contributed by atoms with van der Waals surface area (Å²) in [5, 5.41) is 20.6. The van der Waals surface area contributed by atoms with Crippen LogP contribution in [0, 0.1) is 17.3 Å². The van der Waals surface area contributed by atoms with Crippen molar-refractivity contribution in [2.45, 2.75) is 173 Å². The minimum absolute atomic E-state index is 0.0236. The van der Waals surface area contributed by atoms with Gasteiger partial charge in [0.15, 0.2) is 11.6 Å². The van der Waals surface area contributed by atoms with Crippen LogP contribution in [0.1, 0.15) is 127 Å². The lowest BCUT2D eigenvalue weighted by molar-refractivity contribution is -0.354. The number of hydrogen-bond acceptors (Lipinski definition) is 8. The number of carbonyl (C=O) groups is 2. The Morgan fingerprint density at radius 3 is 1.35 bits per heavy atom. The lowest BCUT2D eigenvalue weighted by atomic mass is 9.69. The van der Waals surface area contributed by atoms with E-state index in [0.29, 0.717) is 38.9 Å². The molecule has 0 amide bonds. The van der Waals surface area contributed by atoms with Crippen LogP contribution in [-0.2, 0) is 28.5 Å². The third-order valence-corrected chi connectivity index (χ3v) is 12.3. The second-order valence-electron chi connectivity index (χ2n) is 18.0. The molecule has 4 atom stereocenters. The highest BCUT2D eigenvalue weighted by molar-refractivity contribution is 5.75. The molecule has 0 aliphatic carbocycles. The van der Waals surface area contributed by atoms with E-state index in [9.17, 15) is 19.8 Å². The Labute approximate surface area is 277 Å². The molecule has 46 heavy (non-hydrogen) atoms. The van der Waals surface area contributed by atoms with Crippen molar-refractivity contribution in [3.8, 4) is 0 Å². The molecule has 0 aromatic rings. The summed E-state index contributed by atoms with van der Waals surface area (Å²) in [5.41, 5.74) is -1.99. The number of nitrogens with zero attached hydrogens (tertiary/aromatic N) is 2. The molecular formula is C36H64N2O8. The van der Waals surface area contributed by atoms with Gasteiger partial charge in [-0.1, -0.05) is 13.8 Å². The van der Waals surface area contributed by atoms with Crippen molar-refractivity contribution in [1.82, 2.24) is 9.80 Å². The SMILES string of the molecule is CC1COC2(CC(C)(C)N(C)C(C)(C)C2)OC1CC(CCCC(=O)O)(CC1OC2(CC(C)(C)N(C)C(C)(C)C2)OCC1C)C(=O)O. The summed E-state index contributed by atoms with van der Waals surface area (Å²) in [4.78, 5) is 29.9. The molecule has 0 radical (unpaired) electrons. The summed E-state index contributed by atoms with van der Waals surface area (Å²) in [6, 6.07) is 0. The Balaban J connectivity index is 1.66. The Kier molecular flexibility index (Phi) is 10.2. The van der Waals surface area contributed by atoms with Crippen LogP contribution in [0.25, 0.3) is 0 Å². The highest BCUT2D eigenvalue weighted by Crippen LogP contribution is 2.52. The summed E-state index contributed by atoms with van der Waals surface area (Å²) >= 11 is 0. The molecule has 4 aliphatic heterocycles. The van der Waals surface area contributed by atoms with E-state index in [1.54, 1.807) is 0 Å². The number of aliphatic carboxylic acids is 2. The molecule has 4 unspecified atom stereocenters. The maximum atomic E-state index is 13.6. The van der Waals surface area contributed by atoms with Gasteiger partial charge in [0, 0.05) is 66.1 Å². The molecule has 0 aromatic carbocycles. The van der Waals surface area contributed by atoms with E-state index >= 15 is 0 Å². The second kappa shape index (κ2) is 12.5. The van der Waals surface area contributed by atoms with E-state index < -0.39 is 28.9 Å². The maximum Gasteiger partial charge on any atom is 0.309 e. The zero-order valence-corrected chi connectivity index (χ0v) is 30.8. The van der Waals surface area contributed by atoms with Crippen molar-refractivity contribution >= 4 is 11.9 Å². The van der Waals surface area contributed by atoms with Gasteiger partial charge in [-0.05, 0) is 95.2 Å². The van der Waals surface area contributed by atoms with Gasteiger partial charge in [0.05, 0.1) is 30.8 Å². The Morgan fingerprint density at radius 2 is 1.04 bits per heavy atom. The predicted octanol–water partition coefficient (Wildman–Crippen LogP) is 6.15. The highest BCUT2D eigenvalue weighted by atomic mass is 16.7. The van der Waals surface area contributed by atoms with E-state index in [1.165, 1.54) is 0 Å². The number of hydrogen-bond donors (Lipinski definition) is 2. The normalized spacial score (nSPS) is 34.6. The van der Waals surface area contributed by atoms with Crippen molar-refractivity contribution in [2.24, 2.45) is 17.3 Å². The van der Waals surface area contributed by atoms with E-state index in [4.69, 9.17) is 18.9 Å². The molecule has 0 bridgehead atoms. The molecule has 10 nitrogen and oxygen atoms in total. The van der Waals surface area contributed by atoms with E-state index in [2.05, 4.69) is 93.1 Å².